The van der Waals surface area contributed by atoms with Gasteiger partial charge in [-0.3, -0.25) is 0 Å². The van der Waals surface area contributed by atoms with E-state index in [0.717, 1.165) is 44.1 Å². The number of nitrogens with two attached hydrogens (primary N) is 1. The minimum atomic E-state index is 0.377. The maximum absolute atomic E-state index is 5.76. The second kappa shape index (κ2) is 6.00. The molecular weight excluding hydrogens is 228 g/mol. The van der Waals surface area contributed by atoms with Gasteiger partial charge in [0.25, 0.3) is 0 Å². The largest absolute Gasteiger partial charge is 0.384 e. The van der Waals surface area contributed by atoms with Gasteiger partial charge >= 0.3 is 0 Å². The van der Waals surface area contributed by atoms with Crippen molar-refractivity contribution in [2.24, 2.45) is 5.92 Å². The highest BCUT2D eigenvalue weighted by molar-refractivity contribution is 5.44. The minimum Gasteiger partial charge on any atom is -0.384 e. The minimum absolute atomic E-state index is 0.377. The van der Waals surface area contributed by atoms with Gasteiger partial charge in [-0.25, -0.2) is 9.97 Å². The zero-order valence-corrected chi connectivity index (χ0v) is 11.1. The van der Waals surface area contributed by atoms with Gasteiger partial charge in [-0.1, -0.05) is 13.8 Å². The predicted octanol–water partition coefficient (Wildman–Crippen LogP) is 1.85. The van der Waals surface area contributed by atoms with Crippen molar-refractivity contribution in [1.29, 1.82) is 0 Å². The van der Waals surface area contributed by atoms with Gasteiger partial charge in [-0.15, -0.1) is 0 Å². The van der Waals surface area contributed by atoms with Crippen molar-refractivity contribution in [3.05, 3.63) is 11.9 Å². The first-order chi connectivity index (χ1) is 8.72. The molecule has 1 aliphatic rings. The Balaban J connectivity index is 1.95. The molecule has 2 rings (SSSR count). The second-order valence-corrected chi connectivity index (χ2v) is 4.69. The van der Waals surface area contributed by atoms with Crippen LogP contribution in [0.3, 0.4) is 0 Å². The van der Waals surface area contributed by atoms with E-state index in [1.807, 2.05) is 6.92 Å². The number of nitrogens with zero attached hydrogens (tertiary/aromatic N) is 2. The normalized spacial score (nSPS) is 23.2. The predicted molar refractivity (Wildman–Crippen MR) is 72.5 cm³/mol. The van der Waals surface area contributed by atoms with Crippen LogP contribution in [0.5, 0.6) is 0 Å². The van der Waals surface area contributed by atoms with Gasteiger partial charge in [-0.05, 0) is 12.8 Å². The summed E-state index contributed by atoms with van der Waals surface area (Å²) in [6, 6.07) is 1.79. The molecule has 5 heteroatoms. The number of nitrogen functional groups attached to an aromatic ring is 1. The van der Waals surface area contributed by atoms with Crippen LogP contribution >= 0.6 is 0 Å². The zero-order chi connectivity index (χ0) is 13.0. The average molecular weight is 250 g/mol. The molecule has 0 saturated carbocycles. The van der Waals surface area contributed by atoms with Crippen molar-refractivity contribution in [3.8, 4) is 0 Å². The van der Waals surface area contributed by atoms with Crippen molar-refractivity contribution >= 4 is 11.6 Å². The number of hydrogen-bond donors (Lipinski definition) is 2. The number of rotatable bonds is 5. The monoisotopic (exact) mass is 250 g/mol. The molecule has 18 heavy (non-hydrogen) atoms. The number of aromatic nitrogens is 2. The first-order valence-electron chi connectivity index (χ1n) is 6.71. The topological polar surface area (TPSA) is 73.1 Å². The van der Waals surface area contributed by atoms with Crippen molar-refractivity contribution < 1.29 is 4.74 Å². The van der Waals surface area contributed by atoms with Crippen LogP contribution in [0.15, 0.2) is 6.07 Å². The Morgan fingerprint density at radius 2 is 2.28 bits per heavy atom. The van der Waals surface area contributed by atoms with Crippen LogP contribution in [0.1, 0.15) is 32.5 Å². The summed E-state index contributed by atoms with van der Waals surface area (Å²) in [6.45, 7) is 5.95. The van der Waals surface area contributed by atoms with E-state index in [-0.39, 0.29) is 0 Å². The molecular formula is C13H22N4O. The first-order valence-corrected chi connectivity index (χ1v) is 6.71. The molecule has 3 N–H and O–H groups in total. The lowest BCUT2D eigenvalue weighted by Gasteiger charge is -2.17. The molecule has 5 nitrogen and oxygen atoms in total. The summed E-state index contributed by atoms with van der Waals surface area (Å²) in [7, 11) is 0. The first kappa shape index (κ1) is 13.1. The van der Waals surface area contributed by atoms with Gasteiger partial charge < -0.3 is 15.8 Å². The summed E-state index contributed by atoms with van der Waals surface area (Å²) in [5.74, 6) is 2.70. The van der Waals surface area contributed by atoms with Crippen LogP contribution in [-0.2, 0) is 11.2 Å². The third-order valence-corrected chi connectivity index (χ3v) is 3.40. The van der Waals surface area contributed by atoms with Gasteiger partial charge in [0.05, 0.1) is 6.10 Å². The number of nitrogens with one attached hydrogen (secondary N) is 1. The summed E-state index contributed by atoms with van der Waals surface area (Å²) >= 11 is 0. The van der Waals surface area contributed by atoms with Gasteiger partial charge in [0, 0.05) is 31.6 Å². The van der Waals surface area contributed by atoms with Gasteiger partial charge in [0.2, 0.25) is 0 Å². The fourth-order valence-corrected chi connectivity index (χ4v) is 2.38. The molecule has 1 fully saturated rings. The van der Waals surface area contributed by atoms with E-state index < -0.39 is 0 Å². The lowest BCUT2D eigenvalue weighted by molar-refractivity contribution is 0.0900. The highest BCUT2D eigenvalue weighted by Gasteiger charge is 2.26. The standard InChI is InChI=1S/C13H22N4O/c1-3-10-9(5-6-18-10)8-15-13-7-11(14)16-12(4-2)17-13/h7,9-10H,3-6,8H2,1-2H3,(H3,14,15,16,17). The molecule has 2 unspecified atom stereocenters. The quantitative estimate of drug-likeness (QED) is 0.834. The summed E-state index contributed by atoms with van der Waals surface area (Å²) in [5, 5.41) is 3.36. The van der Waals surface area contributed by atoms with Crippen LogP contribution < -0.4 is 11.1 Å². The Morgan fingerprint density at radius 1 is 1.44 bits per heavy atom. The maximum Gasteiger partial charge on any atom is 0.132 e. The Hall–Kier alpha value is -1.36. The fourth-order valence-electron chi connectivity index (χ4n) is 2.38. The molecule has 0 amide bonds. The second-order valence-electron chi connectivity index (χ2n) is 4.69. The molecule has 0 radical (unpaired) electrons. The smallest absolute Gasteiger partial charge is 0.132 e. The van der Waals surface area contributed by atoms with Crippen LogP contribution in [0.4, 0.5) is 11.6 Å². The zero-order valence-electron chi connectivity index (χ0n) is 11.1. The van der Waals surface area contributed by atoms with Crippen molar-refractivity contribution in [3.63, 3.8) is 0 Å². The van der Waals surface area contributed by atoms with Crippen molar-refractivity contribution in [2.75, 3.05) is 24.2 Å². The molecule has 1 saturated heterocycles. The lowest BCUT2D eigenvalue weighted by atomic mass is 10.00. The Bertz CT molecular complexity index is 397. The molecule has 0 bridgehead atoms. The SMILES string of the molecule is CCc1nc(N)cc(NCC2CCOC2CC)n1. The van der Waals surface area contributed by atoms with E-state index in [0.29, 0.717) is 17.8 Å². The summed E-state index contributed by atoms with van der Waals surface area (Å²) in [6.07, 6.45) is 3.36. The van der Waals surface area contributed by atoms with Crippen molar-refractivity contribution in [1.82, 2.24) is 9.97 Å². The van der Waals surface area contributed by atoms with Crippen LogP contribution in [0, 0.1) is 5.92 Å². The Morgan fingerprint density at radius 3 is 3.00 bits per heavy atom. The van der Waals surface area contributed by atoms with E-state index >= 15 is 0 Å². The van der Waals surface area contributed by atoms with Crippen molar-refractivity contribution in [2.45, 2.75) is 39.2 Å². The maximum atomic E-state index is 5.76. The van der Waals surface area contributed by atoms with E-state index in [4.69, 9.17) is 10.5 Å². The van der Waals surface area contributed by atoms with E-state index in [2.05, 4.69) is 22.2 Å². The van der Waals surface area contributed by atoms with Gasteiger partial charge in [0.15, 0.2) is 0 Å². The molecule has 0 spiro atoms. The molecule has 0 aromatic carbocycles. The van der Waals surface area contributed by atoms with Gasteiger partial charge in [0.1, 0.15) is 17.5 Å². The third kappa shape index (κ3) is 3.10. The molecule has 1 aliphatic heterocycles. The summed E-state index contributed by atoms with van der Waals surface area (Å²) < 4.78 is 5.67. The molecule has 2 heterocycles. The summed E-state index contributed by atoms with van der Waals surface area (Å²) in [5.41, 5.74) is 5.76. The lowest BCUT2D eigenvalue weighted by Crippen LogP contribution is -2.23. The molecule has 0 aliphatic carbocycles. The third-order valence-electron chi connectivity index (χ3n) is 3.40. The number of ether oxygens (including phenoxy) is 1. The summed E-state index contributed by atoms with van der Waals surface area (Å²) in [4.78, 5) is 8.59. The van der Waals surface area contributed by atoms with Crippen LogP contribution in [-0.4, -0.2) is 29.2 Å². The highest BCUT2D eigenvalue weighted by Crippen LogP contribution is 2.23. The molecule has 1 aromatic heterocycles. The molecule has 2 atom stereocenters. The van der Waals surface area contributed by atoms with Gasteiger partial charge in [-0.2, -0.15) is 0 Å². The highest BCUT2D eigenvalue weighted by atomic mass is 16.5. The Labute approximate surface area is 108 Å². The van der Waals surface area contributed by atoms with E-state index in [9.17, 15) is 0 Å². The number of hydrogen-bond acceptors (Lipinski definition) is 5. The van der Waals surface area contributed by atoms with Crippen LogP contribution in [0.25, 0.3) is 0 Å². The van der Waals surface area contributed by atoms with E-state index in [1.165, 1.54) is 0 Å². The number of anilines is 2. The molecule has 1 aromatic rings. The fraction of sp³-hybridized carbons (Fsp3) is 0.692. The Kier molecular flexibility index (Phi) is 4.36. The number of aryl methyl sites for hydroxylation is 1. The average Bonchev–Trinajstić information content (AvgIpc) is 2.83. The van der Waals surface area contributed by atoms with E-state index in [1.54, 1.807) is 6.07 Å². The molecule has 100 valence electrons. The van der Waals surface area contributed by atoms with Crippen LogP contribution in [0.2, 0.25) is 0 Å².